The van der Waals surface area contributed by atoms with E-state index >= 15 is 0 Å². The molecule has 3 unspecified atom stereocenters. The van der Waals surface area contributed by atoms with Crippen molar-refractivity contribution in [3.05, 3.63) is 30.1 Å². The van der Waals surface area contributed by atoms with Crippen LogP contribution < -0.4 is 10.6 Å². The van der Waals surface area contributed by atoms with E-state index in [4.69, 9.17) is 5.73 Å². The van der Waals surface area contributed by atoms with E-state index in [2.05, 4.69) is 9.80 Å². The molecule has 0 radical (unpaired) electrons. The van der Waals surface area contributed by atoms with Crippen molar-refractivity contribution in [2.24, 2.45) is 5.73 Å². The lowest BCUT2D eigenvalue weighted by molar-refractivity contribution is -0.140. The molecule has 160 valence electrons. The van der Waals surface area contributed by atoms with E-state index in [9.17, 15) is 9.18 Å². The van der Waals surface area contributed by atoms with Gasteiger partial charge in [0, 0.05) is 50.5 Å². The molecule has 2 fully saturated rings. The highest BCUT2D eigenvalue weighted by Gasteiger charge is 2.34. The Bertz CT molecular complexity index is 609. The Kier molecular flexibility index (Phi) is 9.98. The summed E-state index contributed by atoms with van der Waals surface area (Å²) in [6.45, 7) is 8.21. The minimum atomic E-state index is -0.211. The van der Waals surface area contributed by atoms with Gasteiger partial charge in [-0.2, -0.15) is 0 Å². The van der Waals surface area contributed by atoms with Crippen LogP contribution in [0.15, 0.2) is 24.3 Å². The third kappa shape index (κ3) is 5.72. The zero-order valence-corrected chi connectivity index (χ0v) is 18.4. The van der Waals surface area contributed by atoms with Crippen LogP contribution in [-0.2, 0) is 4.79 Å². The molecule has 3 atom stereocenters. The molecule has 2 aliphatic rings. The predicted molar refractivity (Wildman–Crippen MR) is 117 cm³/mol. The first-order chi connectivity index (χ1) is 12.5. The fourth-order valence-corrected chi connectivity index (χ4v) is 4.19. The average Bonchev–Trinajstić information content (AvgIpc) is 2.67. The second-order valence-electron chi connectivity index (χ2n) is 7.63. The number of hydrogen-bond donors (Lipinski definition) is 1. The molecule has 28 heavy (non-hydrogen) atoms. The number of carbonyl (C=O) groups excluding carboxylic acids is 1. The van der Waals surface area contributed by atoms with Crippen molar-refractivity contribution in [1.29, 1.82) is 0 Å². The minimum absolute atomic E-state index is 0. The smallest absolute Gasteiger partial charge is 0.239 e. The maximum atomic E-state index is 13.1. The normalized spacial score (nSPS) is 22.6. The van der Waals surface area contributed by atoms with E-state index < -0.39 is 0 Å². The molecule has 2 N–H and O–H groups in total. The largest absolute Gasteiger partial charge is 0.369 e. The van der Waals surface area contributed by atoms with Crippen LogP contribution in [0.25, 0.3) is 0 Å². The van der Waals surface area contributed by atoms with Crippen LogP contribution in [0, 0.1) is 5.82 Å². The van der Waals surface area contributed by atoms with Gasteiger partial charge in [0.2, 0.25) is 5.91 Å². The fourth-order valence-electron chi connectivity index (χ4n) is 4.19. The van der Waals surface area contributed by atoms with Gasteiger partial charge in [-0.1, -0.05) is 0 Å². The van der Waals surface area contributed by atoms with Gasteiger partial charge in [0.1, 0.15) is 5.82 Å². The van der Waals surface area contributed by atoms with Crippen LogP contribution >= 0.6 is 24.8 Å². The highest BCUT2D eigenvalue weighted by Crippen LogP contribution is 2.22. The maximum absolute atomic E-state index is 13.1. The van der Waals surface area contributed by atoms with E-state index in [1.54, 1.807) is 0 Å². The number of halogens is 3. The summed E-state index contributed by atoms with van der Waals surface area (Å²) in [5.74, 6) is -0.000875. The summed E-state index contributed by atoms with van der Waals surface area (Å²) in [5, 5.41) is 0. The Morgan fingerprint density at radius 2 is 1.64 bits per heavy atom. The van der Waals surface area contributed by atoms with E-state index in [-0.39, 0.29) is 54.7 Å². The first kappa shape index (κ1) is 25.0. The van der Waals surface area contributed by atoms with Crippen molar-refractivity contribution < 1.29 is 9.18 Å². The van der Waals surface area contributed by atoms with Crippen molar-refractivity contribution in [2.45, 2.75) is 51.2 Å². The molecule has 2 saturated heterocycles. The van der Waals surface area contributed by atoms with Gasteiger partial charge in [-0.05, 0) is 57.4 Å². The van der Waals surface area contributed by atoms with E-state index in [0.29, 0.717) is 0 Å². The van der Waals surface area contributed by atoms with Gasteiger partial charge in [0.15, 0.2) is 0 Å². The molecule has 8 heteroatoms. The van der Waals surface area contributed by atoms with Crippen molar-refractivity contribution in [1.82, 2.24) is 9.80 Å². The van der Waals surface area contributed by atoms with Crippen LogP contribution in [0.1, 0.15) is 33.1 Å². The molecule has 0 aliphatic carbocycles. The Morgan fingerprint density at radius 3 is 2.21 bits per heavy atom. The molecule has 1 aromatic carbocycles. The van der Waals surface area contributed by atoms with Crippen LogP contribution in [0.2, 0.25) is 0 Å². The summed E-state index contributed by atoms with van der Waals surface area (Å²) in [7, 11) is 0. The predicted octanol–water partition coefficient (Wildman–Crippen LogP) is 2.91. The molecular weight excluding hydrogens is 402 g/mol. The van der Waals surface area contributed by atoms with Gasteiger partial charge in [-0.3, -0.25) is 9.69 Å². The van der Waals surface area contributed by atoms with Crippen molar-refractivity contribution in [3.8, 4) is 0 Å². The highest BCUT2D eigenvalue weighted by molar-refractivity contribution is 5.85. The quantitative estimate of drug-likeness (QED) is 0.791. The third-order valence-corrected chi connectivity index (χ3v) is 5.85. The Morgan fingerprint density at radius 1 is 1.04 bits per heavy atom. The van der Waals surface area contributed by atoms with Gasteiger partial charge >= 0.3 is 0 Å². The number of piperidine rings is 1. The number of anilines is 1. The standard InChI is InChI=1S/C20H31FN4O.2ClH/c1-15(22)19-5-3-4-10-25(19)20(26)16(2)23-11-13-24(14-12-23)18-8-6-17(21)7-9-18;;/h6-9,15-16,19H,3-5,10-14,22H2,1-2H3;2*1H. The maximum Gasteiger partial charge on any atom is 0.239 e. The summed E-state index contributed by atoms with van der Waals surface area (Å²) in [6.07, 6.45) is 3.23. The monoisotopic (exact) mass is 434 g/mol. The molecule has 2 aliphatic heterocycles. The van der Waals surface area contributed by atoms with Gasteiger partial charge in [-0.15, -0.1) is 24.8 Å². The number of carbonyl (C=O) groups is 1. The van der Waals surface area contributed by atoms with Crippen molar-refractivity contribution in [3.63, 3.8) is 0 Å². The Hall–Kier alpha value is -1.08. The molecule has 3 rings (SSSR count). The molecule has 0 aromatic heterocycles. The SMILES string of the molecule is CC(N)C1CCCCN1C(=O)C(C)N1CCN(c2ccc(F)cc2)CC1.Cl.Cl. The van der Waals surface area contributed by atoms with E-state index in [0.717, 1.165) is 57.7 Å². The topological polar surface area (TPSA) is 52.8 Å². The number of likely N-dealkylation sites (tertiary alicyclic amines) is 1. The molecule has 0 spiro atoms. The van der Waals surface area contributed by atoms with Gasteiger partial charge < -0.3 is 15.5 Å². The van der Waals surface area contributed by atoms with Crippen molar-refractivity contribution >= 4 is 36.4 Å². The zero-order chi connectivity index (χ0) is 18.7. The Labute approximate surface area is 180 Å². The van der Waals surface area contributed by atoms with Crippen LogP contribution in [-0.4, -0.2) is 66.6 Å². The third-order valence-electron chi connectivity index (χ3n) is 5.85. The van der Waals surface area contributed by atoms with Crippen molar-refractivity contribution in [2.75, 3.05) is 37.6 Å². The van der Waals surface area contributed by atoms with Gasteiger partial charge in [-0.25, -0.2) is 4.39 Å². The number of piperazine rings is 1. The number of nitrogens with two attached hydrogens (primary N) is 1. The van der Waals surface area contributed by atoms with Crippen LogP contribution in [0.4, 0.5) is 10.1 Å². The lowest BCUT2D eigenvalue weighted by Gasteiger charge is -2.43. The molecule has 2 heterocycles. The summed E-state index contributed by atoms with van der Waals surface area (Å²) in [4.78, 5) is 19.6. The molecule has 5 nitrogen and oxygen atoms in total. The average molecular weight is 435 g/mol. The molecule has 0 saturated carbocycles. The fraction of sp³-hybridized carbons (Fsp3) is 0.650. The number of hydrogen-bond acceptors (Lipinski definition) is 4. The number of rotatable bonds is 4. The zero-order valence-electron chi connectivity index (χ0n) is 16.7. The molecule has 1 amide bonds. The van der Waals surface area contributed by atoms with Crippen LogP contribution in [0.3, 0.4) is 0 Å². The first-order valence-corrected chi connectivity index (χ1v) is 9.78. The molecular formula is C20H33Cl2FN4O. The molecule has 0 bridgehead atoms. The first-order valence-electron chi connectivity index (χ1n) is 9.78. The highest BCUT2D eigenvalue weighted by atomic mass is 35.5. The number of nitrogens with zero attached hydrogens (tertiary/aromatic N) is 3. The van der Waals surface area contributed by atoms with Gasteiger partial charge in [0.25, 0.3) is 0 Å². The summed E-state index contributed by atoms with van der Waals surface area (Å²) in [6, 6.07) is 6.70. The summed E-state index contributed by atoms with van der Waals surface area (Å²) < 4.78 is 13.1. The number of amides is 1. The summed E-state index contributed by atoms with van der Waals surface area (Å²) >= 11 is 0. The minimum Gasteiger partial charge on any atom is -0.369 e. The number of benzene rings is 1. The van der Waals surface area contributed by atoms with E-state index in [1.807, 2.05) is 30.9 Å². The van der Waals surface area contributed by atoms with E-state index in [1.165, 1.54) is 12.1 Å². The van der Waals surface area contributed by atoms with Crippen LogP contribution in [0.5, 0.6) is 0 Å². The second-order valence-corrected chi connectivity index (χ2v) is 7.63. The Balaban J connectivity index is 0.00000196. The molecule has 1 aromatic rings. The lowest BCUT2D eigenvalue weighted by Crippen LogP contribution is -2.59. The lowest BCUT2D eigenvalue weighted by atomic mass is 9.96. The summed E-state index contributed by atoms with van der Waals surface area (Å²) in [5.41, 5.74) is 7.17. The van der Waals surface area contributed by atoms with Gasteiger partial charge in [0.05, 0.1) is 6.04 Å². The second kappa shape index (κ2) is 11.2.